The molecule has 0 amide bonds. The lowest BCUT2D eigenvalue weighted by Gasteiger charge is -2.15. The second kappa shape index (κ2) is 9.11. The SMILES string of the molecule is CC(C)Oc1cc(CCCO)n(Cc2ccc(Cl)cc2OC(C)C)n1. The Kier molecular flexibility index (Phi) is 7.14. The van der Waals surface area contributed by atoms with Gasteiger partial charge in [0.15, 0.2) is 0 Å². The van der Waals surface area contributed by atoms with Gasteiger partial charge in [0.25, 0.3) is 0 Å². The number of nitrogens with zero attached hydrogens (tertiary/aromatic N) is 2. The summed E-state index contributed by atoms with van der Waals surface area (Å²) in [7, 11) is 0. The molecule has 2 aromatic rings. The van der Waals surface area contributed by atoms with Crippen molar-refractivity contribution in [3.8, 4) is 11.6 Å². The summed E-state index contributed by atoms with van der Waals surface area (Å²) in [6.45, 7) is 8.62. The maximum atomic E-state index is 9.14. The highest BCUT2D eigenvalue weighted by Crippen LogP contribution is 2.26. The molecular weight excluding hydrogens is 340 g/mol. The molecule has 0 saturated heterocycles. The van der Waals surface area contributed by atoms with Gasteiger partial charge < -0.3 is 14.6 Å². The van der Waals surface area contributed by atoms with E-state index < -0.39 is 0 Å². The van der Waals surface area contributed by atoms with Gasteiger partial charge in [0.05, 0.1) is 18.8 Å². The van der Waals surface area contributed by atoms with E-state index in [1.165, 1.54) is 0 Å². The molecule has 25 heavy (non-hydrogen) atoms. The van der Waals surface area contributed by atoms with E-state index in [0.29, 0.717) is 23.9 Å². The van der Waals surface area contributed by atoms with Crippen molar-refractivity contribution < 1.29 is 14.6 Å². The Balaban J connectivity index is 2.30. The van der Waals surface area contributed by atoms with Gasteiger partial charge in [0, 0.05) is 29.0 Å². The average Bonchev–Trinajstić information content (AvgIpc) is 2.88. The van der Waals surface area contributed by atoms with Gasteiger partial charge in [-0.05, 0) is 52.7 Å². The summed E-state index contributed by atoms with van der Waals surface area (Å²) < 4.78 is 13.5. The molecule has 0 radical (unpaired) electrons. The molecule has 0 saturated carbocycles. The zero-order valence-electron chi connectivity index (χ0n) is 15.3. The van der Waals surface area contributed by atoms with Gasteiger partial charge in [0.1, 0.15) is 5.75 Å². The molecule has 2 rings (SSSR count). The number of benzene rings is 1. The van der Waals surface area contributed by atoms with Crippen LogP contribution in [-0.2, 0) is 13.0 Å². The van der Waals surface area contributed by atoms with Crippen LogP contribution in [0.1, 0.15) is 45.4 Å². The quantitative estimate of drug-likeness (QED) is 0.726. The lowest BCUT2D eigenvalue weighted by molar-refractivity contribution is 0.229. The number of aromatic nitrogens is 2. The molecule has 5 nitrogen and oxygen atoms in total. The number of hydrogen-bond acceptors (Lipinski definition) is 4. The second-order valence-electron chi connectivity index (χ2n) is 6.54. The van der Waals surface area contributed by atoms with Crippen LogP contribution >= 0.6 is 11.6 Å². The molecule has 0 aliphatic rings. The Bertz CT molecular complexity index is 683. The lowest BCUT2D eigenvalue weighted by atomic mass is 10.2. The van der Waals surface area contributed by atoms with Crippen molar-refractivity contribution in [3.63, 3.8) is 0 Å². The van der Waals surface area contributed by atoms with Crippen molar-refractivity contribution in [3.05, 3.63) is 40.5 Å². The predicted octanol–water partition coefficient (Wildman–Crippen LogP) is 4.08. The number of aliphatic hydroxyl groups excluding tert-OH is 1. The molecular formula is C19H27ClN2O3. The molecule has 0 aliphatic carbocycles. The van der Waals surface area contributed by atoms with E-state index in [1.54, 1.807) is 0 Å². The summed E-state index contributed by atoms with van der Waals surface area (Å²) in [5.41, 5.74) is 2.03. The van der Waals surface area contributed by atoms with Crippen LogP contribution in [0.3, 0.4) is 0 Å². The zero-order valence-corrected chi connectivity index (χ0v) is 16.1. The number of halogens is 1. The van der Waals surface area contributed by atoms with Crippen LogP contribution in [0.25, 0.3) is 0 Å². The number of hydrogen-bond donors (Lipinski definition) is 1. The summed E-state index contributed by atoms with van der Waals surface area (Å²) in [6.07, 6.45) is 1.54. The van der Waals surface area contributed by atoms with Crippen molar-refractivity contribution in [1.82, 2.24) is 9.78 Å². The van der Waals surface area contributed by atoms with Crippen LogP contribution in [-0.4, -0.2) is 33.7 Å². The van der Waals surface area contributed by atoms with Crippen molar-refractivity contribution in [2.75, 3.05) is 6.61 Å². The Morgan fingerprint density at radius 2 is 1.84 bits per heavy atom. The van der Waals surface area contributed by atoms with Gasteiger partial charge in [0.2, 0.25) is 5.88 Å². The first kappa shape index (κ1) is 19.6. The third-order valence-corrected chi connectivity index (χ3v) is 3.74. The van der Waals surface area contributed by atoms with Crippen LogP contribution in [0.5, 0.6) is 11.6 Å². The molecule has 0 spiro atoms. The highest BCUT2D eigenvalue weighted by Gasteiger charge is 2.14. The van der Waals surface area contributed by atoms with E-state index in [1.807, 2.05) is 56.6 Å². The number of aryl methyl sites for hydroxylation is 1. The van der Waals surface area contributed by atoms with E-state index in [9.17, 15) is 0 Å². The zero-order chi connectivity index (χ0) is 18.4. The fourth-order valence-electron chi connectivity index (χ4n) is 2.51. The third-order valence-electron chi connectivity index (χ3n) is 3.50. The fraction of sp³-hybridized carbons (Fsp3) is 0.526. The van der Waals surface area contributed by atoms with Crippen LogP contribution in [0.4, 0.5) is 0 Å². The summed E-state index contributed by atoms with van der Waals surface area (Å²) in [6, 6.07) is 7.58. The van der Waals surface area contributed by atoms with Gasteiger partial charge in [-0.1, -0.05) is 17.7 Å². The Morgan fingerprint density at radius 3 is 2.48 bits per heavy atom. The molecule has 138 valence electrons. The molecule has 1 N–H and O–H groups in total. The van der Waals surface area contributed by atoms with E-state index in [0.717, 1.165) is 23.4 Å². The van der Waals surface area contributed by atoms with E-state index in [2.05, 4.69) is 5.10 Å². The summed E-state index contributed by atoms with van der Waals surface area (Å²) in [5, 5.41) is 14.3. The lowest BCUT2D eigenvalue weighted by Crippen LogP contribution is -2.12. The van der Waals surface area contributed by atoms with Crippen molar-refractivity contribution in [1.29, 1.82) is 0 Å². The molecule has 0 fully saturated rings. The van der Waals surface area contributed by atoms with Crippen molar-refractivity contribution >= 4 is 11.6 Å². The molecule has 1 aromatic carbocycles. The van der Waals surface area contributed by atoms with Gasteiger partial charge >= 0.3 is 0 Å². The first-order valence-electron chi connectivity index (χ1n) is 8.68. The minimum absolute atomic E-state index is 0.0588. The van der Waals surface area contributed by atoms with Crippen LogP contribution in [0.2, 0.25) is 5.02 Å². The third kappa shape index (κ3) is 5.94. The Hall–Kier alpha value is -1.72. The number of rotatable bonds is 9. The topological polar surface area (TPSA) is 56.5 Å². The largest absolute Gasteiger partial charge is 0.491 e. The number of ether oxygens (including phenoxy) is 2. The Labute approximate surface area is 154 Å². The Morgan fingerprint density at radius 1 is 1.12 bits per heavy atom. The van der Waals surface area contributed by atoms with E-state index >= 15 is 0 Å². The van der Waals surface area contributed by atoms with E-state index in [-0.39, 0.29) is 18.8 Å². The first-order chi connectivity index (χ1) is 11.9. The van der Waals surface area contributed by atoms with E-state index in [4.69, 9.17) is 26.2 Å². The first-order valence-corrected chi connectivity index (χ1v) is 9.06. The maximum Gasteiger partial charge on any atom is 0.233 e. The highest BCUT2D eigenvalue weighted by molar-refractivity contribution is 6.30. The molecule has 0 unspecified atom stereocenters. The minimum atomic E-state index is 0.0588. The van der Waals surface area contributed by atoms with Crippen molar-refractivity contribution in [2.24, 2.45) is 0 Å². The van der Waals surface area contributed by atoms with Gasteiger partial charge in [-0.25, -0.2) is 0 Å². The smallest absolute Gasteiger partial charge is 0.233 e. The molecule has 1 aromatic heterocycles. The standard InChI is InChI=1S/C19H27ClN2O3/c1-13(2)24-18-10-16(20)8-7-15(18)12-22-17(6-5-9-23)11-19(21-22)25-14(3)4/h7-8,10-11,13-14,23H,5-6,9,12H2,1-4H3. The number of aliphatic hydroxyl groups is 1. The minimum Gasteiger partial charge on any atom is -0.491 e. The van der Waals surface area contributed by atoms with Gasteiger partial charge in [-0.3, -0.25) is 4.68 Å². The van der Waals surface area contributed by atoms with Gasteiger partial charge in [-0.15, -0.1) is 5.10 Å². The van der Waals surface area contributed by atoms with Crippen LogP contribution in [0.15, 0.2) is 24.3 Å². The normalized spacial score (nSPS) is 11.4. The average molecular weight is 367 g/mol. The monoisotopic (exact) mass is 366 g/mol. The van der Waals surface area contributed by atoms with Crippen molar-refractivity contribution in [2.45, 2.75) is 59.3 Å². The summed E-state index contributed by atoms with van der Waals surface area (Å²) >= 11 is 6.11. The molecule has 0 bridgehead atoms. The van der Waals surface area contributed by atoms with Crippen LogP contribution in [0, 0.1) is 0 Å². The van der Waals surface area contributed by atoms with Crippen LogP contribution < -0.4 is 9.47 Å². The predicted molar refractivity (Wildman–Crippen MR) is 99.7 cm³/mol. The summed E-state index contributed by atoms with van der Waals surface area (Å²) in [5.74, 6) is 1.36. The summed E-state index contributed by atoms with van der Waals surface area (Å²) in [4.78, 5) is 0. The molecule has 6 heteroatoms. The second-order valence-corrected chi connectivity index (χ2v) is 6.98. The fourth-order valence-corrected chi connectivity index (χ4v) is 2.67. The van der Waals surface area contributed by atoms with Gasteiger partial charge in [-0.2, -0.15) is 0 Å². The molecule has 1 heterocycles. The molecule has 0 atom stereocenters. The maximum absolute atomic E-state index is 9.14. The molecule has 0 aliphatic heterocycles. The highest BCUT2D eigenvalue weighted by atomic mass is 35.5.